The molecule has 0 aromatic carbocycles. The predicted molar refractivity (Wildman–Crippen MR) is 77.9 cm³/mol. The van der Waals surface area contributed by atoms with Gasteiger partial charge in [0.1, 0.15) is 0 Å². The Labute approximate surface area is 114 Å². The molecule has 7 nitrogen and oxygen atoms in total. The molecule has 0 aliphatic carbocycles. The highest BCUT2D eigenvalue weighted by Gasteiger charge is 2.11. The Morgan fingerprint density at radius 1 is 1.11 bits per heavy atom. The van der Waals surface area contributed by atoms with Crippen molar-refractivity contribution in [1.82, 2.24) is 19.9 Å². The SMILES string of the molecule is CNc1nc(NCCN2CCCC2)nc(N(C)C)n1. The van der Waals surface area contributed by atoms with Gasteiger partial charge in [-0.2, -0.15) is 15.0 Å². The van der Waals surface area contributed by atoms with E-state index < -0.39 is 0 Å². The second-order valence-electron chi connectivity index (χ2n) is 4.90. The second-order valence-corrected chi connectivity index (χ2v) is 4.90. The maximum atomic E-state index is 4.38. The van der Waals surface area contributed by atoms with Gasteiger partial charge in [-0.05, 0) is 25.9 Å². The van der Waals surface area contributed by atoms with Gasteiger partial charge in [0.25, 0.3) is 0 Å². The molecule has 1 aliphatic rings. The molecule has 2 rings (SSSR count). The lowest BCUT2D eigenvalue weighted by Gasteiger charge is -2.16. The van der Waals surface area contributed by atoms with Gasteiger partial charge in [0, 0.05) is 34.2 Å². The lowest BCUT2D eigenvalue weighted by Crippen LogP contribution is -2.26. The minimum Gasteiger partial charge on any atom is -0.357 e. The van der Waals surface area contributed by atoms with Crippen LogP contribution in [-0.4, -0.2) is 67.2 Å². The van der Waals surface area contributed by atoms with Crippen molar-refractivity contribution in [2.45, 2.75) is 12.8 Å². The number of aromatic nitrogens is 3. The molecule has 106 valence electrons. The van der Waals surface area contributed by atoms with Gasteiger partial charge in [0.15, 0.2) is 0 Å². The molecule has 0 bridgehead atoms. The Hall–Kier alpha value is -1.63. The van der Waals surface area contributed by atoms with E-state index in [9.17, 15) is 0 Å². The number of nitrogens with one attached hydrogen (secondary N) is 2. The first-order chi connectivity index (χ1) is 9.19. The lowest BCUT2D eigenvalue weighted by atomic mass is 10.4. The Morgan fingerprint density at radius 2 is 1.79 bits per heavy atom. The van der Waals surface area contributed by atoms with E-state index in [0.29, 0.717) is 17.8 Å². The normalized spacial score (nSPS) is 15.5. The maximum Gasteiger partial charge on any atom is 0.231 e. The Morgan fingerprint density at radius 3 is 2.42 bits per heavy atom. The summed E-state index contributed by atoms with van der Waals surface area (Å²) in [6.07, 6.45) is 2.64. The third kappa shape index (κ3) is 3.92. The van der Waals surface area contributed by atoms with Gasteiger partial charge in [-0.25, -0.2) is 0 Å². The van der Waals surface area contributed by atoms with Gasteiger partial charge in [-0.3, -0.25) is 0 Å². The first-order valence-corrected chi connectivity index (χ1v) is 6.76. The molecule has 1 saturated heterocycles. The molecular formula is C12H23N7. The molecule has 0 amide bonds. The number of hydrogen-bond acceptors (Lipinski definition) is 7. The molecule has 0 saturated carbocycles. The Kier molecular flexibility index (Phi) is 4.73. The molecule has 2 heterocycles. The predicted octanol–water partition coefficient (Wildman–Crippen LogP) is 0.487. The van der Waals surface area contributed by atoms with Crippen LogP contribution < -0.4 is 15.5 Å². The van der Waals surface area contributed by atoms with Crippen LogP contribution in [0, 0.1) is 0 Å². The summed E-state index contributed by atoms with van der Waals surface area (Å²) in [7, 11) is 5.65. The van der Waals surface area contributed by atoms with Crippen LogP contribution in [-0.2, 0) is 0 Å². The zero-order valence-electron chi connectivity index (χ0n) is 12.0. The van der Waals surface area contributed by atoms with Crippen LogP contribution >= 0.6 is 0 Å². The zero-order valence-corrected chi connectivity index (χ0v) is 12.0. The summed E-state index contributed by atoms with van der Waals surface area (Å²) in [5.41, 5.74) is 0. The van der Waals surface area contributed by atoms with Crippen molar-refractivity contribution >= 4 is 17.8 Å². The van der Waals surface area contributed by atoms with E-state index in [0.717, 1.165) is 13.1 Å². The van der Waals surface area contributed by atoms with E-state index in [1.54, 1.807) is 0 Å². The van der Waals surface area contributed by atoms with E-state index >= 15 is 0 Å². The van der Waals surface area contributed by atoms with E-state index in [-0.39, 0.29) is 0 Å². The Balaban J connectivity index is 1.92. The summed E-state index contributed by atoms with van der Waals surface area (Å²) < 4.78 is 0. The zero-order chi connectivity index (χ0) is 13.7. The first kappa shape index (κ1) is 13.8. The topological polar surface area (TPSA) is 69.2 Å². The number of anilines is 3. The molecule has 0 spiro atoms. The van der Waals surface area contributed by atoms with Crippen LogP contribution in [0.25, 0.3) is 0 Å². The smallest absolute Gasteiger partial charge is 0.231 e. The van der Waals surface area contributed by atoms with Gasteiger partial charge in [-0.1, -0.05) is 0 Å². The van der Waals surface area contributed by atoms with Crippen LogP contribution in [0.2, 0.25) is 0 Å². The van der Waals surface area contributed by atoms with Crippen LogP contribution in [0.15, 0.2) is 0 Å². The molecule has 1 aromatic rings. The molecule has 0 atom stereocenters. The standard InChI is InChI=1S/C12H23N7/c1-13-10-15-11(17-12(16-10)18(2)3)14-6-9-19-7-4-5-8-19/h4-9H2,1-3H3,(H2,13,14,15,16,17). The van der Waals surface area contributed by atoms with Crippen molar-refractivity contribution in [3.63, 3.8) is 0 Å². The molecule has 1 aliphatic heterocycles. The monoisotopic (exact) mass is 265 g/mol. The van der Waals surface area contributed by atoms with E-state index in [1.807, 2.05) is 26.0 Å². The van der Waals surface area contributed by atoms with Crippen LogP contribution in [0.1, 0.15) is 12.8 Å². The van der Waals surface area contributed by atoms with Gasteiger partial charge >= 0.3 is 0 Å². The van der Waals surface area contributed by atoms with Crippen LogP contribution in [0.3, 0.4) is 0 Å². The summed E-state index contributed by atoms with van der Waals surface area (Å²) in [6, 6.07) is 0. The van der Waals surface area contributed by atoms with Gasteiger partial charge in [-0.15, -0.1) is 0 Å². The lowest BCUT2D eigenvalue weighted by molar-refractivity contribution is 0.352. The summed E-state index contributed by atoms with van der Waals surface area (Å²) in [5, 5.41) is 6.23. The molecule has 19 heavy (non-hydrogen) atoms. The van der Waals surface area contributed by atoms with Crippen molar-refractivity contribution in [3.8, 4) is 0 Å². The minimum atomic E-state index is 0.586. The first-order valence-electron chi connectivity index (χ1n) is 6.76. The minimum absolute atomic E-state index is 0.586. The number of nitrogens with zero attached hydrogens (tertiary/aromatic N) is 5. The van der Waals surface area contributed by atoms with Gasteiger partial charge < -0.3 is 20.4 Å². The average Bonchev–Trinajstić information content (AvgIpc) is 2.91. The largest absolute Gasteiger partial charge is 0.357 e. The average molecular weight is 265 g/mol. The maximum absolute atomic E-state index is 4.38. The Bertz CT molecular complexity index is 401. The van der Waals surface area contributed by atoms with Crippen molar-refractivity contribution in [2.24, 2.45) is 0 Å². The highest BCUT2D eigenvalue weighted by Crippen LogP contribution is 2.11. The fourth-order valence-corrected chi connectivity index (χ4v) is 2.09. The molecule has 0 unspecified atom stereocenters. The van der Waals surface area contributed by atoms with Gasteiger partial charge in [0.05, 0.1) is 0 Å². The molecule has 1 fully saturated rings. The van der Waals surface area contributed by atoms with Crippen LogP contribution in [0.4, 0.5) is 17.8 Å². The fourth-order valence-electron chi connectivity index (χ4n) is 2.09. The van der Waals surface area contributed by atoms with E-state index in [1.165, 1.54) is 25.9 Å². The van der Waals surface area contributed by atoms with Crippen molar-refractivity contribution in [3.05, 3.63) is 0 Å². The van der Waals surface area contributed by atoms with Gasteiger partial charge in [0.2, 0.25) is 17.8 Å². The molecule has 1 aromatic heterocycles. The molecule has 0 radical (unpaired) electrons. The van der Waals surface area contributed by atoms with Crippen molar-refractivity contribution < 1.29 is 0 Å². The molecular weight excluding hydrogens is 242 g/mol. The highest BCUT2D eigenvalue weighted by molar-refractivity contribution is 5.42. The second kappa shape index (κ2) is 6.51. The summed E-state index contributed by atoms with van der Waals surface area (Å²) >= 11 is 0. The summed E-state index contributed by atoms with van der Waals surface area (Å²) in [5.74, 6) is 1.87. The third-order valence-corrected chi connectivity index (χ3v) is 3.16. The fraction of sp³-hybridized carbons (Fsp3) is 0.750. The van der Waals surface area contributed by atoms with E-state index in [4.69, 9.17) is 0 Å². The summed E-state index contributed by atoms with van der Waals surface area (Å²) in [4.78, 5) is 17.3. The number of hydrogen-bond donors (Lipinski definition) is 2. The summed E-state index contributed by atoms with van der Waals surface area (Å²) in [6.45, 7) is 4.32. The van der Waals surface area contributed by atoms with E-state index in [2.05, 4.69) is 30.5 Å². The third-order valence-electron chi connectivity index (χ3n) is 3.16. The molecule has 2 N–H and O–H groups in total. The highest BCUT2D eigenvalue weighted by atomic mass is 15.3. The van der Waals surface area contributed by atoms with Crippen molar-refractivity contribution in [2.75, 3.05) is 62.9 Å². The number of likely N-dealkylation sites (tertiary alicyclic amines) is 1. The quantitative estimate of drug-likeness (QED) is 0.775. The number of rotatable bonds is 6. The molecule has 7 heteroatoms. The van der Waals surface area contributed by atoms with Crippen LogP contribution in [0.5, 0.6) is 0 Å². The van der Waals surface area contributed by atoms with Crippen molar-refractivity contribution in [1.29, 1.82) is 0 Å².